The first-order chi connectivity index (χ1) is 17.2. The van der Waals surface area contributed by atoms with Crippen molar-refractivity contribution in [2.75, 3.05) is 25.5 Å². The summed E-state index contributed by atoms with van der Waals surface area (Å²) in [6.07, 6.45) is 2.23. The third kappa shape index (κ3) is 7.66. The molecular weight excluding hydrogens is 471 g/mol. The quantitative estimate of drug-likeness (QED) is 0.336. The molecule has 0 saturated heterocycles. The number of methoxy groups -OCH3 is 1. The molecule has 0 bridgehead atoms. The number of nitrogens with zero attached hydrogens (tertiary/aromatic N) is 3. The Kier molecular flexibility index (Phi) is 9.21. The normalized spacial score (nSPS) is 12.2. The third-order valence-electron chi connectivity index (χ3n) is 5.73. The van der Waals surface area contributed by atoms with Crippen LogP contribution in [0, 0.1) is 12.8 Å². The summed E-state index contributed by atoms with van der Waals surface area (Å²) < 4.78 is 42.9. The second-order valence-corrected chi connectivity index (χ2v) is 8.66. The highest BCUT2D eigenvalue weighted by atomic mass is 19.4. The highest BCUT2D eigenvalue weighted by molar-refractivity contribution is 6.01. The number of carbonyl (C=O) groups excluding carboxylic acids is 1. The minimum atomic E-state index is -4.39. The maximum Gasteiger partial charge on any atom is 0.417 e. The average Bonchev–Trinajstić information content (AvgIpc) is 2.86. The van der Waals surface area contributed by atoms with Gasteiger partial charge < -0.3 is 15.4 Å². The summed E-state index contributed by atoms with van der Waals surface area (Å²) >= 11 is 0. The van der Waals surface area contributed by atoms with Crippen molar-refractivity contribution in [3.63, 3.8) is 0 Å². The van der Waals surface area contributed by atoms with Crippen LogP contribution < -0.4 is 15.4 Å². The summed E-state index contributed by atoms with van der Waals surface area (Å²) in [5.74, 6) is 0.626. The van der Waals surface area contributed by atoms with Crippen LogP contribution in [0.1, 0.15) is 47.7 Å². The highest BCUT2D eigenvalue weighted by Gasteiger charge is 2.30. The van der Waals surface area contributed by atoms with Gasteiger partial charge in [0.05, 0.1) is 12.7 Å². The van der Waals surface area contributed by atoms with Gasteiger partial charge in [-0.15, -0.1) is 0 Å². The molecule has 2 heterocycles. The van der Waals surface area contributed by atoms with Crippen LogP contribution in [0.25, 0.3) is 11.1 Å². The van der Waals surface area contributed by atoms with Crippen LogP contribution in [-0.2, 0) is 6.18 Å². The molecule has 3 aromatic rings. The number of rotatable bonds is 11. The summed E-state index contributed by atoms with van der Waals surface area (Å²) in [5, 5.41) is 6.04. The van der Waals surface area contributed by atoms with Gasteiger partial charge in [-0.25, -0.2) is 15.0 Å². The van der Waals surface area contributed by atoms with E-state index in [1.807, 2.05) is 25.1 Å². The van der Waals surface area contributed by atoms with Gasteiger partial charge in [0.15, 0.2) is 0 Å². The molecule has 0 saturated carbocycles. The van der Waals surface area contributed by atoms with E-state index < -0.39 is 11.7 Å². The Balaban J connectivity index is 1.43. The standard InChI is InChI=1S/C26H30F3N5O2/c1-17(10-12-30-23-9-7-20(16-32-23)26(27,28)29)5-4-11-31-24(35)22-13-18(2)6-8-21(22)19-14-33-25(36-3)34-15-19/h6-9,13-17H,4-5,10-12H2,1-3H3,(H,30,32)(H,31,35). The van der Waals surface area contributed by atoms with Crippen LogP contribution in [0.4, 0.5) is 19.0 Å². The summed E-state index contributed by atoms with van der Waals surface area (Å²) in [6, 6.07) is 8.28. The molecule has 1 unspecified atom stereocenters. The number of hydrogen-bond donors (Lipinski definition) is 2. The molecule has 7 nitrogen and oxygen atoms in total. The third-order valence-corrected chi connectivity index (χ3v) is 5.73. The van der Waals surface area contributed by atoms with Gasteiger partial charge in [0.2, 0.25) is 0 Å². The van der Waals surface area contributed by atoms with Crippen LogP contribution in [0.5, 0.6) is 6.01 Å². The number of carbonyl (C=O) groups is 1. The molecule has 2 N–H and O–H groups in total. The summed E-state index contributed by atoms with van der Waals surface area (Å²) in [5.41, 5.74) is 2.24. The fourth-order valence-corrected chi connectivity index (χ4v) is 3.66. The van der Waals surface area contributed by atoms with Crippen LogP contribution in [0.2, 0.25) is 0 Å². The first kappa shape index (κ1) is 26.9. The van der Waals surface area contributed by atoms with E-state index in [4.69, 9.17) is 4.74 Å². The van der Waals surface area contributed by atoms with E-state index >= 15 is 0 Å². The Morgan fingerprint density at radius 1 is 1.03 bits per heavy atom. The lowest BCUT2D eigenvalue weighted by Crippen LogP contribution is -2.25. The maximum atomic E-state index is 12.9. The van der Waals surface area contributed by atoms with E-state index in [0.29, 0.717) is 30.4 Å². The van der Waals surface area contributed by atoms with Crippen molar-refractivity contribution >= 4 is 11.7 Å². The van der Waals surface area contributed by atoms with Crippen LogP contribution in [0.3, 0.4) is 0 Å². The first-order valence-electron chi connectivity index (χ1n) is 11.7. The summed E-state index contributed by atoms with van der Waals surface area (Å²) in [4.78, 5) is 25.0. The molecule has 0 radical (unpaired) electrons. The van der Waals surface area contributed by atoms with Crippen LogP contribution in [0.15, 0.2) is 48.9 Å². The van der Waals surface area contributed by atoms with Gasteiger partial charge in [0, 0.05) is 42.8 Å². The number of nitrogens with one attached hydrogen (secondary N) is 2. The second-order valence-electron chi connectivity index (χ2n) is 8.66. The van der Waals surface area contributed by atoms with Crippen LogP contribution in [-0.4, -0.2) is 41.1 Å². The Labute approximate surface area is 208 Å². The zero-order valence-corrected chi connectivity index (χ0v) is 20.5. The number of halogens is 3. The molecule has 0 aliphatic heterocycles. The lowest BCUT2D eigenvalue weighted by atomic mass is 9.99. The Bertz CT molecular complexity index is 1140. The number of anilines is 1. The summed E-state index contributed by atoms with van der Waals surface area (Å²) in [7, 11) is 1.49. The molecule has 2 aromatic heterocycles. The maximum absolute atomic E-state index is 12.9. The predicted octanol–water partition coefficient (Wildman–Crippen LogP) is 5.52. The van der Waals surface area contributed by atoms with E-state index in [9.17, 15) is 18.0 Å². The van der Waals surface area contributed by atoms with Gasteiger partial charge in [-0.1, -0.05) is 24.6 Å². The molecule has 0 aliphatic rings. The zero-order chi connectivity index (χ0) is 26.1. The lowest BCUT2D eigenvalue weighted by molar-refractivity contribution is -0.137. The number of hydrogen-bond acceptors (Lipinski definition) is 6. The lowest BCUT2D eigenvalue weighted by Gasteiger charge is -2.14. The van der Waals surface area contributed by atoms with E-state index in [2.05, 4.69) is 32.5 Å². The molecule has 1 atom stereocenters. The topological polar surface area (TPSA) is 89.0 Å². The molecule has 0 fully saturated rings. The minimum absolute atomic E-state index is 0.160. The Morgan fingerprint density at radius 3 is 2.42 bits per heavy atom. The smallest absolute Gasteiger partial charge is 0.417 e. The van der Waals surface area contributed by atoms with E-state index in [1.54, 1.807) is 12.4 Å². The number of aromatic nitrogens is 3. The van der Waals surface area contributed by atoms with Crippen molar-refractivity contribution in [1.82, 2.24) is 20.3 Å². The van der Waals surface area contributed by atoms with Crippen molar-refractivity contribution in [2.24, 2.45) is 5.92 Å². The zero-order valence-electron chi connectivity index (χ0n) is 20.5. The van der Waals surface area contributed by atoms with Crippen molar-refractivity contribution in [3.05, 3.63) is 65.6 Å². The van der Waals surface area contributed by atoms with E-state index in [1.165, 1.54) is 13.2 Å². The number of amides is 1. The van der Waals surface area contributed by atoms with E-state index in [0.717, 1.165) is 48.2 Å². The van der Waals surface area contributed by atoms with Crippen molar-refractivity contribution in [3.8, 4) is 17.1 Å². The van der Waals surface area contributed by atoms with Gasteiger partial charge >= 0.3 is 12.2 Å². The number of ether oxygens (including phenoxy) is 1. The molecule has 0 spiro atoms. The van der Waals surface area contributed by atoms with E-state index in [-0.39, 0.29) is 11.9 Å². The summed E-state index contributed by atoms with van der Waals surface area (Å²) in [6.45, 7) is 5.17. The molecule has 192 valence electrons. The largest absolute Gasteiger partial charge is 0.467 e. The number of pyridine rings is 1. The SMILES string of the molecule is COc1ncc(-c2ccc(C)cc2C(=O)NCCCC(C)CCNc2ccc(C(F)(F)F)cn2)cn1. The fraction of sp³-hybridized carbons (Fsp3) is 0.385. The van der Waals surface area contributed by atoms with Gasteiger partial charge in [0.1, 0.15) is 5.82 Å². The Hall–Kier alpha value is -3.69. The first-order valence-corrected chi connectivity index (χ1v) is 11.7. The van der Waals surface area contributed by atoms with Gasteiger partial charge in [-0.2, -0.15) is 13.2 Å². The van der Waals surface area contributed by atoms with Crippen molar-refractivity contribution in [2.45, 2.75) is 39.3 Å². The molecule has 36 heavy (non-hydrogen) atoms. The highest BCUT2D eigenvalue weighted by Crippen LogP contribution is 2.29. The minimum Gasteiger partial charge on any atom is -0.467 e. The molecular formula is C26H30F3N5O2. The van der Waals surface area contributed by atoms with Crippen molar-refractivity contribution in [1.29, 1.82) is 0 Å². The second kappa shape index (κ2) is 12.3. The van der Waals surface area contributed by atoms with Gasteiger partial charge in [-0.3, -0.25) is 4.79 Å². The molecule has 1 aromatic carbocycles. The van der Waals surface area contributed by atoms with Crippen LogP contribution >= 0.6 is 0 Å². The fourth-order valence-electron chi connectivity index (χ4n) is 3.66. The number of benzene rings is 1. The average molecular weight is 502 g/mol. The monoisotopic (exact) mass is 501 g/mol. The molecule has 10 heteroatoms. The molecule has 0 aliphatic carbocycles. The number of alkyl halides is 3. The molecule has 3 rings (SSSR count). The van der Waals surface area contributed by atoms with Gasteiger partial charge in [-0.05, 0) is 55.9 Å². The molecule has 1 amide bonds. The number of aryl methyl sites for hydroxylation is 1. The predicted molar refractivity (Wildman–Crippen MR) is 132 cm³/mol. The van der Waals surface area contributed by atoms with Crippen molar-refractivity contribution < 1.29 is 22.7 Å². The Morgan fingerprint density at radius 2 is 1.78 bits per heavy atom. The van der Waals surface area contributed by atoms with Gasteiger partial charge in [0.25, 0.3) is 5.91 Å².